The fourth-order valence-electron chi connectivity index (χ4n) is 6.74. The van der Waals surface area contributed by atoms with Gasteiger partial charge in [0.1, 0.15) is 0 Å². The summed E-state index contributed by atoms with van der Waals surface area (Å²) in [5, 5.41) is 0. The van der Waals surface area contributed by atoms with E-state index in [2.05, 4.69) is 27.7 Å². The minimum absolute atomic E-state index is 0.816. The largest absolute Gasteiger partial charge is 0.0654 e. The van der Waals surface area contributed by atoms with Gasteiger partial charge in [0.05, 0.1) is 0 Å². The van der Waals surface area contributed by atoms with Gasteiger partial charge in [0.25, 0.3) is 0 Å². The van der Waals surface area contributed by atoms with Crippen LogP contribution in [0.3, 0.4) is 0 Å². The summed E-state index contributed by atoms with van der Waals surface area (Å²) in [5.74, 6) is 2.14. The van der Waals surface area contributed by atoms with Crippen molar-refractivity contribution in [2.75, 3.05) is 0 Å². The number of hydrogen-bond donors (Lipinski definition) is 0. The fourth-order valence-corrected chi connectivity index (χ4v) is 6.74. The smallest absolute Gasteiger partial charge is 0.0145 e. The van der Waals surface area contributed by atoms with Gasteiger partial charge in [0.15, 0.2) is 0 Å². The predicted molar refractivity (Wildman–Crippen MR) is 73.9 cm³/mol. The predicted octanol–water partition coefficient (Wildman–Crippen LogP) is 5.42. The van der Waals surface area contributed by atoms with Crippen LogP contribution < -0.4 is 0 Å². The molecule has 0 aromatic carbocycles. The number of rotatable bonds is 7. The first-order valence-electron chi connectivity index (χ1n) is 8.14. The Labute approximate surface area is 108 Å². The molecule has 5 unspecified atom stereocenters. The summed E-state index contributed by atoms with van der Waals surface area (Å²) in [5.41, 5.74) is 2.52. The molecule has 98 valence electrons. The number of hydrogen-bond acceptors (Lipinski definition) is 0. The zero-order chi connectivity index (χ0) is 12.3. The summed E-state index contributed by atoms with van der Waals surface area (Å²) < 4.78 is 0. The van der Waals surface area contributed by atoms with Gasteiger partial charge in [-0.15, -0.1) is 0 Å². The maximum atomic E-state index is 2.57. The van der Waals surface area contributed by atoms with Crippen LogP contribution in [0.5, 0.6) is 0 Å². The van der Waals surface area contributed by atoms with Crippen molar-refractivity contribution in [2.24, 2.45) is 28.1 Å². The quantitative estimate of drug-likeness (QED) is 0.516. The van der Waals surface area contributed by atoms with E-state index in [1.807, 2.05) is 0 Å². The van der Waals surface area contributed by atoms with Gasteiger partial charge in [-0.2, -0.15) is 0 Å². The highest BCUT2D eigenvalue weighted by Crippen LogP contribution is 3.06. The van der Waals surface area contributed by atoms with Gasteiger partial charge in [0, 0.05) is 0 Å². The van der Waals surface area contributed by atoms with Gasteiger partial charge < -0.3 is 0 Å². The molecule has 0 nitrogen and oxygen atoms in total. The van der Waals surface area contributed by atoms with Crippen molar-refractivity contribution < 1.29 is 0 Å². The second kappa shape index (κ2) is 3.52. The average Bonchev–Trinajstić information content (AvgIpc) is 2.72. The first-order chi connectivity index (χ1) is 8.14. The maximum absolute atomic E-state index is 2.57. The van der Waals surface area contributed by atoms with Crippen molar-refractivity contribution in [1.82, 2.24) is 0 Å². The molecule has 0 amide bonds. The van der Waals surface area contributed by atoms with Crippen molar-refractivity contribution in [3.8, 4) is 0 Å². The van der Waals surface area contributed by atoms with Crippen molar-refractivity contribution in [2.45, 2.75) is 79.1 Å². The molecule has 4 aliphatic rings. The van der Waals surface area contributed by atoms with Gasteiger partial charge in [-0.25, -0.2) is 0 Å². The molecule has 1 spiro atoms. The lowest BCUT2D eigenvalue weighted by Crippen LogP contribution is -2.68. The maximum Gasteiger partial charge on any atom is -0.0145 e. The summed E-state index contributed by atoms with van der Waals surface area (Å²) in [6, 6.07) is 0. The van der Waals surface area contributed by atoms with E-state index in [1.165, 1.54) is 32.1 Å². The van der Waals surface area contributed by atoms with E-state index in [1.54, 1.807) is 19.3 Å². The third-order valence-corrected chi connectivity index (χ3v) is 7.51. The van der Waals surface area contributed by atoms with Crippen LogP contribution in [0.25, 0.3) is 0 Å². The summed E-state index contributed by atoms with van der Waals surface area (Å²) in [7, 11) is 0. The zero-order valence-electron chi connectivity index (χ0n) is 12.3. The Morgan fingerprint density at radius 2 is 1.59 bits per heavy atom. The van der Waals surface area contributed by atoms with Crippen LogP contribution in [0.4, 0.5) is 0 Å². The van der Waals surface area contributed by atoms with Gasteiger partial charge >= 0.3 is 0 Å². The van der Waals surface area contributed by atoms with Gasteiger partial charge in [-0.1, -0.05) is 59.8 Å². The third-order valence-electron chi connectivity index (χ3n) is 7.51. The normalized spacial score (nSPS) is 53.6. The molecular weight excluding hydrogens is 204 g/mol. The van der Waals surface area contributed by atoms with E-state index in [0.29, 0.717) is 0 Å². The SMILES string of the molecule is CCCCCC12C(C)C13CC2(CCCC)C3C. The lowest BCUT2D eigenvalue weighted by molar-refractivity contribution is -0.260. The molecule has 0 aliphatic heterocycles. The summed E-state index contributed by atoms with van der Waals surface area (Å²) in [6.45, 7) is 9.83. The highest BCUT2D eigenvalue weighted by molar-refractivity contribution is 5.48. The lowest BCUT2D eigenvalue weighted by Gasteiger charge is -2.74. The lowest BCUT2D eigenvalue weighted by atomic mass is 9.30. The molecule has 0 heteroatoms. The summed E-state index contributed by atoms with van der Waals surface area (Å²) in [6.07, 6.45) is 11.9. The van der Waals surface area contributed by atoms with Crippen LogP contribution in [0.2, 0.25) is 0 Å². The van der Waals surface area contributed by atoms with E-state index in [0.717, 1.165) is 28.1 Å². The monoisotopic (exact) mass is 234 g/mol. The second-order valence-electron chi connectivity index (χ2n) is 7.35. The topological polar surface area (TPSA) is 0 Å². The first-order valence-corrected chi connectivity index (χ1v) is 8.14. The highest BCUT2D eigenvalue weighted by Gasteiger charge is 3.01. The molecule has 0 radical (unpaired) electrons. The molecule has 4 saturated carbocycles. The minimum Gasteiger partial charge on any atom is -0.0654 e. The van der Waals surface area contributed by atoms with E-state index >= 15 is 0 Å². The van der Waals surface area contributed by atoms with Gasteiger partial charge in [-0.3, -0.25) is 0 Å². The highest BCUT2D eigenvalue weighted by atomic mass is 15.0. The molecule has 2 bridgehead atoms. The Kier molecular flexibility index (Phi) is 2.49. The van der Waals surface area contributed by atoms with Crippen LogP contribution in [-0.4, -0.2) is 0 Å². The fraction of sp³-hybridized carbons (Fsp3) is 1.00. The molecule has 0 heterocycles. The molecule has 0 saturated heterocycles. The average molecular weight is 234 g/mol. The second-order valence-corrected chi connectivity index (χ2v) is 7.35. The molecule has 0 aromatic rings. The molecule has 4 aliphatic carbocycles. The number of unbranched alkanes of at least 4 members (excludes halogenated alkanes) is 3. The molecule has 17 heavy (non-hydrogen) atoms. The Hall–Kier alpha value is 0. The first kappa shape index (κ1) is 12.1. The Balaban J connectivity index is 1.69. The molecule has 5 atom stereocenters. The zero-order valence-corrected chi connectivity index (χ0v) is 12.3. The summed E-state index contributed by atoms with van der Waals surface area (Å²) >= 11 is 0. The third kappa shape index (κ3) is 0.965. The standard InChI is InChI=1S/C17H30/c1-5-7-9-11-17-14(4)16(17)12-15(17,13(16)3)10-8-6-2/h13-14H,5-12H2,1-4H3. The van der Waals surface area contributed by atoms with Crippen molar-refractivity contribution >= 4 is 0 Å². The van der Waals surface area contributed by atoms with Gasteiger partial charge in [-0.05, 0) is 47.3 Å². The van der Waals surface area contributed by atoms with E-state index in [9.17, 15) is 0 Å². The van der Waals surface area contributed by atoms with E-state index in [-0.39, 0.29) is 0 Å². The van der Waals surface area contributed by atoms with Crippen LogP contribution >= 0.6 is 0 Å². The van der Waals surface area contributed by atoms with Crippen molar-refractivity contribution in [1.29, 1.82) is 0 Å². The van der Waals surface area contributed by atoms with Crippen LogP contribution in [-0.2, 0) is 0 Å². The molecular formula is C17H30. The summed E-state index contributed by atoms with van der Waals surface area (Å²) in [4.78, 5) is 0. The van der Waals surface area contributed by atoms with Crippen molar-refractivity contribution in [3.63, 3.8) is 0 Å². The van der Waals surface area contributed by atoms with Gasteiger partial charge in [0.2, 0.25) is 0 Å². The Morgan fingerprint density at radius 3 is 2.12 bits per heavy atom. The Morgan fingerprint density at radius 1 is 0.882 bits per heavy atom. The van der Waals surface area contributed by atoms with Crippen LogP contribution in [0.1, 0.15) is 79.1 Å². The Bertz CT molecular complexity index is 320. The van der Waals surface area contributed by atoms with E-state index < -0.39 is 0 Å². The van der Waals surface area contributed by atoms with Crippen LogP contribution in [0, 0.1) is 28.1 Å². The molecule has 4 fully saturated rings. The van der Waals surface area contributed by atoms with Crippen molar-refractivity contribution in [3.05, 3.63) is 0 Å². The van der Waals surface area contributed by atoms with E-state index in [4.69, 9.17) is 0 Å². The molecule has 0 N–H and O–H groups in total. The molecule has 4 rings (SSSR count). The minimum atomic E-state index is 0.816. The molecule has 0 aromatic heterocycles. The van der Waals surface area contributed by atoms with Crippen LogP contribution in [0.15, 0.2) is 0 Å².